The van der Waals surface area contributed by atoms with Crippen molar-refractivity contribution >= 4 is 46.1 Å². The van der Waals surface area contributed by atoms with Gasteiger partial charge in [-0.2, -0.15) is 5.10 Å². The first kappa shape index (κ1) is 21.1. The van der Waals surface area contributed by atoms with E-state index in [2.05, 4.69) is 54.4 Å². The van der Waals surface area contributed by atoms with Gasteiger partial charge in [0.05, 0.1) is 28.1 Å². The van der Waals surface area contributed by atoms with Crippen molar-refractivity contribution in [3.63, 3.8) is 0 Å². The van der Waals surface area contributed by atoms with Crippen LogP contribution < -0.4 is 0 Å². The van der Waals surface area contributed by atoms with Gasteiger partial charge in [-0.05, 0) is 48.4 Å². The summed E-state index contributed by atoms with van der Waals surface area (Å²) >= 11 is 4.71. The summed E-state index contributed by atoms with van der Waals surface area (Å²) in [7, 11) is 0. The Balaban J connectivity index is 1.36. The van der Waals surface area contributed by atoms with Crippen molar-refractivity contribution in [3.05, 3.63) is 80.4 Å². The number of hydrogen-bond acceptors (Lipinski definition) is 7. The first-order chi connectivity index (χ1) is 15.6. The van der Waals surface area contributed by atoms with Gasteiger partial charge in [0.25, 0.3) is 5.91 Å². The molecule has 1 aliphatic heterocycles. The van der Waals surface area contributed by atoms with Gasteiger partial charge in [-0.3, -0.25) is 9.36 Å². The molecule has 0 N–H and O–H groups in total. The van der Waals surface area contributed by atoms with Crippen LogP contribution >= 0.6 is 34.4 Å². The SMILES string of the molecule is Cc1ccc(-n2cnnc2SCC(=O)N2N=C(c3cccs3)CC2c2cccs2)c(C)c1. The second-order valence-corrected chi connectivity index (χ2v) is 10.4. The molecule has 4 aromatic rings. The van der Waals surface area contributed by atoms with E-state index in [4.69, 9.17) is 5.10 Å². The van der Waals surface area contributed by atoms with E-state index in [0.29, 0.717) is 5.16 Å². The standard InChI is InChI=1S/C23H21N5OS3/c1-15-7-8-18(16(2)11-15)27-14-24-25-23(27)32-13-22(29)28-19(21-6-4-10-31-21)12-17(26-28)20-5-3-9-30-20/h3-11,14,19H,12-13H2,1-2H3. The van der Waals surface area contributed by atoms with E-state index in [9.17, 15) is 4.79 Å². The molecule has 3 aromatic heterocycles. The number of thiophene rings is 2. The van der Waals surface area contributed by atoms with Gasteiger partial charge in [-0.1, -0.05) is 41.6 Å². The van der Waals surface area contributed by atoms with Crippen LogP contribution in [0.1, 0.15) is 33.3 Å². The minimum atomic E-state index is -0.0580. The summed E-state index contributed by atoms with van der Waals surface area (Å²) in [5.41, 5.74) is 4.33. The Hall–Kier alpha value is -2.75. The number of hydrogen-bond donors (Lipinski definition) is 0. The number of benzene rings is 1. The third-order valence-electron chi connectivity index (χ3n) is 5.30. The molecule has 1 aromatic carbocycles. The number of amides is 1. The average molecular weight is 480 g/mol. The lowest BCUT2D eigenvalue weighted by atomic mass is 10.1. The minimum Gasteiger partial charge on any atom is -0.276 e. The molecule has 9 heteroatoms. The van der Waals surface area contributed by atoms with Crippen molar-refractivity contribution in [2.45, 2.75) is 31.5 Å². The minimum absolute atomic E-state index is 0.0323. The number of aromatic nitrogens is 3. The molecule has 0 fully saturated rings. The Morgan fingerprint density at radius 3 is 2.75 bits per heavy atom. The molecule has 0 aliphatic carbocycles. The van der Waals surface area contributed by atoms with Gasteiger partial charge in [0.1, 0.15) is 6.33 Å². The Kier molecular flexibility index (Phi) is 5.95. The summed E-state index contributed by atoms with van der Waals surface area (Å²) in [4.78, 5) is 15.5. The van der Waals surface area contributed by atoms with Crippen molar-refractivity contribution in [3.8, 4) is 5.69 Å². The summed E-state index contributed by atoms with van der Waals surface area (Å²) in [6.07, 6.45) is 2.43. The van der Waals surface area contributed by atoms with E-state index < -0.39 is 0 Å². The highest BCUT2D eigenvalue weighted by molar-refractivity contribution is 7.99. The van der Waals surface area contributed by atoms with E-state index in [1.807, 2.05) is 27.5 Å². The molecule has 1 unspecified atom stereocenters. The Labute approximate surface area is 198 Å². The molecule has 0 spiro atoms. The van der Waals surface area contributed by atoms with Gasteiger partial charge < -0.3 is 0 Å². The highest BCUT2D eigenvalue weighted by Gasteiger charge is 2.34. The zero-order valence-electron chi connectivity index (χ0n) is 17.6. The quantitative estimate of drug-likeness (QED) is 0.344. The normalized spacial score (nSPS) is 15.9. The number of nitrogens with zero attached hydrogens (tertiary/aromatic N) is 5. The van der Waals surface area contributed by atoms with E-state index >= 15 is 0 Å². The molecular formula is C23H21N5OS3. The lowest BCUT2D eigenvalue weighted by molar-refractivity contribution is -0.130. The summed E-state index contributed by atoms with van der Waals surface area (Å²) < 4.78 is 1.94. The lowest BCUT2D eigenvalue weighted by Crippen LogP contribution is -2.28. The van der Waals surface area contributed by atoms with Crippen LogP contribution in [0.5, 0.6) is 0 Å². The number of carbonyl (C=O) groups is 1. The molecule has 4 heterocycles. The van der Waals surface area contributed by atoms with E-state index in [1.54, 1.807) is 34.0 Å². The van der Waals surface area contributed by atoms with Gasteiger partial charge in [-0.15, -0.1) is 32.9 Å². The molecule has 0 bridgehead atoms. The van der Waals surface area contributed by atoms with E-state index in [-0.39, 0.29) is 17.7 Å². The monoisotopic (exact) mass is 479 g/mol. The van der Waals surface area contributed by atoms with Gasteiger partial charge in [0.15, 0.2) is 5.16 Å². The van der Waals surface area contributed by atoms with Crippen LogP contribution in [0.3, 0.4) is 0 Å². The van der Waals surface area contributed by atoms with Gasteiger partial charge in [0.2, 0.25) is 0 Å². The number of aryl methyl sites for hydroxylation is 2. The molecule has 1 atom stereocenters. The largest absolute Gasteiger partial charge is 0.276 e. The summed E-state index contributed by atoms with van der Waals surface area (Å²) in [5, 5.41) is 19.5. The molecule has 0 saturated heterocycles. The lowest BCUT2D eigenvalue weighted by Gasteiger charge is -2.20. The molecule has 162 valence electrons. The predicted octanol–water partition coefficient (Wildman–Crippen LogP) is 5.48. The van der Waals surface area contributed by atoms with Crippen LogP contribution in [0.4, 0.5) is 0 Å². The second kappa shape index (κ2) is 9.01. The highest BCUT2D eigenvalue weighted by atomic mass is 32.2. The van der Waals surface area contributed by atoms with Crippen LogP contribution in [-0.4, -0.2) is 37.1 Å². The van der Waals surface area contributed by atoms with Crippen LogP contribution in [0.2, 0.25) is 0 Å². The first-order valence-corrected chi connectivity index (χ1v) is 12.9. The second-order valence-electron chi connectivity index (χ2n) is 7.56. The molecule has 32 heavy (non-hydrogen) atoms. The van der Waals surface area contributed by atoms with Gasteiger partial charge >= 0.3 is 0 Å². The first-order valence-electron chi connectivity index (χ1n) is 10.2. The molecule has 0 radical (unpaired) electrons. The maximum Gasteiger partial charge on any atom is 0.253 e. The van der Waals surface area contributed by atoms with Crippen molar-refractivity contribution < 1.29 is 4.79 Å². The summed E-state index contributed by atoms with van der Waals surface area (Å²) in [6.45, 7) is 4.14. The van der Waals surface area contributed by atoms with Crippen LogP contribution in [0, 0.1) is 13.8 Å². The summed E-state index contributed by atoms with van der Waals surface area (Å²) in [5.74, 6) is 0.210. The Morgan fingerprint density at radius 2 is 2.00 bits per heavy atom. The number of carbonyl (C=O) groups excluding carboxylic acids is 1. The fourth-order valence-corrected chi connectivity index (χ4v) is 6.10. The van der Waals surface area contributed by atoms with Crippen LogP contribution in [-0.2, 0) is 4.79 Å². The third-order valence-corrected chi connectivity index (χ3v) is 8.12. The van der Waals surface area contributed by atoms with Crippen molar-refractivity contribution in [2.24, 2.45) is 5.10 Å². The molecule has 5 rings (SSSR count). The number of rotatable bonds is 6. The highest BCUT2D eigenvalue weighted by Crippen LogP contribution is 2.36. The number of hydrazone groups is 1. The van der Waals surface area contributed by atoms with Crippen LogP contribution in [0.15, 0.2) is 69.8 Å². The molecule has 1 amide bonds. The fraction of sp³-hybridized carbons (Fsp3) is 0.217. The van der Waals surface area contributed by atoms with Crippen molar-refractivity contribution in [1.29, 1.82) is 0 Å². The maximum absolute atomic E-state index is 13.3. The molecule has 0 saturated carbocycles. The number of thioether (sulfide) groups is 1. The van der Waals surface area contributed by atoms with Gasteiger partial charge in [-0.25, -0.2) is 5.01 Å². The third kappa shape index (κ3) is 4.15. The van der Waals surface area contributed by atoms with Crippen LogP contribution in [0.25, 0.3) is 5.69 Å². The zero-order chi connectivity index (χ0) is 22.1. The summed E-state index contributed by atoms with van der Waals surface area (Å²) in [6, 6.07) is 14.4. The predicted molar refractivity (Wildman–Crippen MR) is 131 cm³/mol. The smallest absolute Gasteiger partial charge is 0.253 e. The van der Waals surface area contributed by atoms with Crippen molar-refractivity contribution in [1.82, 2.24) is 19.8 Å². The van der Waals surface area contributed by atoms with Crippen molar-refractivity contribution in [2.75, 3.05) is 5.75 Å². The molecule has 6 nitrogen and oxygen atoms in total. The topological polar surface area (TPSA) is 63.4 Å². The molecular weight excluding hydrogens is 458 g/mol. The average Bonchev–Trinajstić information content (AvgIpc) is 3.58. The molecule has 1 aliphatic rings. The van der Waals surface area contributed by atoms with E-state index in [1.165, 1.54) is 17.3 Å². The Morgan fingerprint density at radius 1 is 1.16 bits per heavy atom. The van der Waals surface area contributed by atoms with Gasteiger partial charge in [0, 0.05) is 11.3 Å². The van der Waals surface area contributed by atoms with E-state index in [0.717, 1.165) is 33.1 Å². The fourth-order valence-electron chi connectivity index (χ4n) is 3.79. The maximum atomic E-state index is 13.3. The Bertz CT molecular complexity index is 1260. The zero-order valence-corrected chi connectivity index (χ0v) is 20.1.